The van der Waals surface area contributed by atoms with Crippen molar-refractivity contribution in [1.29, 1.82) is 0 Å². The number of hydrogen-bond donors (Lipinski definition) is 0. The van der Waals surface area contributed by atoms with E-state index >= 15 is 0 Å². The Kier molecular flexibility index (Phi) is 6.46. The lowest BCUT2D eigenvalue weighted by molar-refractivity contribution is -0.137. The number of pyridine rings is 1. The number of rotatable bonds is 4. The van der Waals surface area contributed by atoms with Crippen molar-refractivity contribution in [3.05, 3.63) is 71.9 Å². The van der Waals surface area contributed by atoms with Crippen molar-refractivity contribution in [3.63, 3.8) is 0 Å². The fourth-order valence-electron chi connectivity index (χ4n) is 2.55. The second-order valence-corrected chi connectivity index (χ2v) is 7.00. The Hall–Kier alpha value is -2.96. The van der Waals surface area contributed by atoms with E-state index in [0.717, 1.165) is 25.0 Å². The van der Waals surface area contributed by atoms with E-state index in [9.17, 15) is 13.2 Å². The Bertz CT molecular complexity index is 942. The zero-order valence-electron chi connectivity index (χ0n) is 16.3. The summed E-state index contributed by atoms with van der Waals surface area (Å²) in [6, 6.07) is 9.07. The van der Waals surface area contributed by atoms with Crippen LogP contribution in [0.2, 0.25) is 0 Å². The SMILES string of the molecule is Cc1cccnc1.Cc1ncc(-c2cccc(C(F)(F)F)c2)c(OCC2CC2)n1. The first-order valence-corrected chi connectivity index (χ1v) is 9.33. The van der Waals surface area contributed by atoms with Gasteiger partial charge in [0.05, 0.1) is 17.7 Å². The van der Waals surface area contributed by atoms with Gasteiger partial charge in [-0.1, -0.05) is 18.2 Å². The number of benzene rings is 1. The zero-order chi connectivity index (χ0) is 20.9. The van der Waals surface area contributed by atoms with Crippen LogP contribution in [0.25, 0.3) is 11.1 Å². The molecular weight excluding hydrogens is 379 g/mol. The van der Waals surface area contributed by atoms with Crippen LogP contribution in [0.5, 0.6) is 5.88 Å². The summed E-state index contributed by atoms with van der Waals surface area (Å²) in [5.74, 6) is 1.41. The van der Waals surface area contributed by atoms with Crippen LogP contribution in [0.15, 0.2) is 55.0 Å². The van der Waals surface area contributed by atoms with Crippen LogP contribution in [0.4, 0.5) is 13.2 Å². The first-order valence-electron chi connectivity index (χ1n) is 9.33. The zero-order valence-corrected chi connectivity index (χ0v) is 16.3. The molecule has 4 nitrogen and oxygen atoms in total. The summed E-state index contributed by atoms with van der Waals surface area (Å²) >= 11 is 0. The third kappa shape index (κ3) is 6.27. The molecule has 1 saturated carbocycles. The minimum atomic E-state index is -4.38. The Balaban J connectivity index is 0.000000290. The molecule has 0 spiro atoms. The molecule has 0 radical (unpaired) electrons. The lowest BCUT2D eigenvalue weighted by Crippen LogP contribution is -2.06. The van der Waals surface area contributed by atoms with Crippen molar-refractivity contribution in [1.82, 2.24) is 15.0 Å². The highest BCUT2D eigenvalue weighted by Crippen LogP contribution is 2.35. The maximum atomic E-state index is 12.8. The molecule has 1 fully saturated rings. The van der Waals surface area contributed by atoms with Crippen molar-refractivity contribution in [3.8, 4) is 17.0 Å². The summed E-state index contributed by atoms with van der Waals surface area (Å²) in [6.07, 6.45) is 3.00. The fourth-order valence-corrected chi connectivity index (χ4v) is 2.55. The predicted molar refractivity (Wildman–Crippen MR) is 104 cm³/mol. The van der Waals surface area contributed by atoms with E-state index in [1.165, 1.54) is 17.8 Å². The standard InChI is InChI=1S/C16H15F3N2O.C6H7N/c1-10-20-8-14(15(21-10)22-9-11-5-6-11)12-3-2-4-13(7-12)16(17,18)19;1-6-3-2-4-7-5-6/h2-4,7-8,11H,5-6,9H2,1H3;2-5H,1H3. The number of ether oxygens (including phenoxy) is 1. The van der Waals surface area contributed by atoms with E-state index in [-0.39, 0.29) is 0 Å². The van der Waals surface area contributed by atoms with Gasteiger partial charge in [-0.05, 0) is 61.9 Å². The predicted octanol–water partition coefficient (Wildman–Crippen LogP) is 5.65. The second-order valence-electron chi connectivity index (χ2n) is 7.00. The maximum Gasteiger partial charge on any atom is 0.416 e. The minimum absolute atomic E-state index is 0.346. The van der Waals surface area contributed by atoms with Gasteiger partial charge in [-0.25, -0.2) is 4.98 Å². The highest BCUT2D eigenvalue weighted by molar-refractivity contribution is 5.68. The molecule has 0 amide bonds. The molecule has 3 aromatic rings. The van der Waals surface area contributed by atoms with Gasteiger partial charge in [0, 0.05) is 18.6 Å². The summed E-state index contributed by atoms with van der Waals surface area (Å²) in [4.78, 5) is 12.2. The van der Waals surface area contributed by atoms with E-state index < -0.39 is 11.7 Å². The number of alkyl halides is 3. The number of aromatic nitrogens is 3. The van der Waals surface area contributed by atoms with Crippen LogP contribution in [-0.4, -0.2) is 21.6 Å². The van der Waals surface area contributed by atoms with Gasteiger partial charge >= 0.3 is 6.18 Å². The highest BCUT2D eigenvalue weighted by atomic mass is 19.4. The van der Waals surface area contributed by atoms with Gasteiger partial charge in [0.2, 0.25) is 5.88 Å². The van der Waals surface area contributed by atoms with Gasteiger partial charge in [-0.2, -0.15) is 18.2 Å². The molecule has 0 aliphatic heterocycles. The highest BCUT2D eigenvalue weighted by Gasteiger charge is 2.31. The van der Waals surface area contributed by atoms with Crippen LogP contribution >= 0.6 is 0 Å². The average molecular weight is 401 g/mol. The number of halogens is 3. The molecule has 1 aromatic carbocycles. The van der Waals surface area contributed by atoms with Gasteiger partial charge in [0.25, 0.3) is 0 Å². The average Bonchev–Trinajstić information content (AvgIpc) is 3.52. The second kappa shape index (κ2) is 9.03. The van der Waals surface area contributed by atoms with Crippen LogP contribution < -0.4 is 4.74 Å². The van der Waals surface area contributed by atoms with E-state index in [4.69, 9.17) is 4.74 Å². The summed E-state index contributed by atoms with van der Waals surface area (Å²) < 4.78 is 44.2. The van der Waals surface area contributed by atoms with Gasteiger partial charge < -0.3 is 4.74 Å². The van der Waals surface area contributed by atoms with Crippen LogP contribution in [0.1, 0.15) is 29.8 Å². The molecule has 7 heteroatoms. The lowest BCUT2D eigenvalue weighted by Gasteiger charge is -2.12. The smallest absolute Gasteiger partial charge is 0.416 e. The number of aryl methyl sites for hydroxylation is 2. The third-order valence-corrected chi connectivity index (χ3v) is 4.34. The topological polar surface area (TPSA) is 47.9 Å². The first kappa shape index (κ1) is 20.8. The van der Waals surface area contributed by atoms with Crippen molar-refractivity contribution >= 4 is 0 Å². The van der Waals surface area contributed by atoms with Crippen molar-refractivity contribution in [2.75, 3.05) is 6.61 Å². The molecular formula is C22H22F3N3O. The van der Waals surface area contributed by atoms with Gasteiger partial charge in [-0.3, -0.25) is 4.98 Å². The summed E-state index contributed by atoms with van der Waals surface area (Å²) in [5, 5.41) is 0. The van der Waals surface area contributed by atoms with Crippen LogP contribution in [-0.2, 0) is 6.18 Å². The molecule has 2 heterocycles. The van der Waals surface area contributed by atoms with Gasteiger partial charge in [0.15, 0.2) is 0 Å². The van der Waals surface area contributed by atoms with E-state index in [0.29, 0.717) is 35.4 Å². The number of hydrogen-bond acceptors (Lipinski definition) is 4. The Morgan fingerprint density at radius 1 is 1.07 bits per heavy atom. The van der Waals surface area contributed by atoms with E-state index in [1.54, 1.807) is 19.2 Å². The molecule has 29 heavy (non-hydrogen) atoms. The van der Waals surface area contributed by atoms with Crippen molar-refractivity contribution in [2.24, 2.45) is 5.92 Å². The molecule has 4 rings (SSSR count). The molecule has 0 saturated heterocycles. The van der Waals surface area contributed by atoms with E-state index in [2.05, 4.69) is 15.0 Å². The molecule has 1 aliphatic rings. The van der Waals surface area contributed by atoms with Crippen LogP contribution in [0.3, 0.4) is 0 Å². The first-order chi connectivity index (χ1) is 13.8. The molecule has 0 atom stereocenters. The molecule has 2 aromatic heterocycles. The molecule has 0 N–H and O–H groups in total. The summed E-state index contributed by atoms with van der Waals surface area (Å²) in [5.41, 5.74) is 1.40. The Labute approximate surface area is 167 Å². The normalized spacial score (nSPS) is 13.4. The Morgan fingerprint density at radius 2 is 1.86 bits per heavy atom. The quantitative estimate of drug-likeness (QED) is 0.567. The summed E-state index contributed by atoms with van der Waals surface area (Å²) in [7, 11) is 0. The largest absolute Gasteiger partial charge is 0.477 e. The monoisotopic (exact) mass is 401 g/mol. The fraction of sp³-hybridized carbons (Fsp3) is 0.318. The molecule has 0 bridgehead atoms. The molecule has 152 valence electrons. The van der Waals surface area contributed by atoms with E-state index in [1.807, 2.05) is 25.3 Å². The molecule has 0 unspecified atom stereocenters. The van der Waals surface area contributed by atoms with Crippen molar-refractivity contribution in [2.45, 2.75) is 32.9 Å². The third-order valence-electron chi connectivity index (χ3n) is 4.34. The van der Waals surface area contributed by atoms with Crippen LogP contribution in [0, 0.1) is 19.8 Å². The molecule has 1 aliphatic carbocycles. The Morgan fingerprint density at radius 3 is 2.45 bits per heavy atom. The minimum Gasteiger partial charge on any atom is -0.477 e. The maximum absolute atomic E-state index is 12.8. The lowest BCUT2D eigenvalue weighted by atomic mass is 10.1. The summed E-state index contributed by atoms with van der Waals surface area (Å²) in [6.45, 7) is 4.29. The number of nitrogens with zero attached hydrogens (tertiary/aromatic N) is 3. The van der Waals surface area contributed by atoms with Gasteiger partial charge in [0.1, 0.15) is 5.82 Å². The van der Waals surface area contributed by atoms with Gasteiger partial charge in [-0.15, -0.1) is 0 Å². The van der Waals surface area contributed by atoms with Crippen molar-refractivity contribution < 1.29 is 17.9 Å².